The van der Waals surface area contributed by atoms with Gasteiger partial charge >= 0.3 is 0 Å². The van der Waals surface area contributed by atoms with Crippen LogP contribution in [0.3, 0.4) is 0 Å². The molecular formula is C11H17N3O3. The SMILES string of the molecule is CN1C(=O)CCC(NC(=O)CC2CNC2)C1=O. The van der Waals surface area contributed by atoms with Crippen molar-refractivity contribution in [2.75, 3.05) is 20.1 Å². The topological polar surface area (TPSA) is 78.5 Å². The molecule has 0 aromatic rings. The molecule has 2 aliphatic heterocycles. The van der Waals surface area contributed by atoms with E-state index < -0.39 is 6.04 Å². The fraction of sp³-hybridized carbons (Fsp3) is 0.727. The van der Waals surface area contributed by atoms with E-state index >= 15 is 0 Å². The lowest BCUT2D eigenvalue weighted by Gasteiger charge is -2.30. The van der Waals surface area contributed by atoms with Gasteiger partial charge < -0.3 is 10.6 Å². The van der Waals surface area contributed by atoms with Crippen molar-refractivity contribution in [1.82, 2.24) is 15.5 Å². The van der Waals surface area contributed by atoms with Gasteiger partial charge in [0.2, 0.25) is 11.8 Å². The van der Waals surface area contributed by atoms with Crippen LogP contribution in [0.25, 0.3) is 0 Å². The summed E-state index contributed by atoms with van der Waals surface area (Å²) in [6.45, 7) is 1.73. The summed E-state index contributed by atoms with van der Waals surface area (Å²) in [6, 6.07) is -0.529. The van der Waals surface area contributed by atoms with Gasteiger partial charge in [0.1, 0.15) is 6.04 Å². The minimum absolute atomic E-state index is 0.0994. The summed E-state index contributed by atoms with van der Waals surface area (Å²) in [6.07, 6.45) is 1.18. The first kappa shape index (κ1) is 12.0. The number of likely N-dealkylation sites (N-methyl/N-ethyl adjacent to an activating group) is 1. The highest BCUT2D eigenvalue weighted by Gasteiger charge is 2.33. The van der Waals surface area contributed by atoms with Gasteiger partial charge in [-0.25, -0.2) is 0 Å². The van der Waals surface area contributed by atoms with Gasteiger partial charge in [-0.1, -0.05) is 0 Å². The number of nitrogens with zero attached hydrogens (tertiary/aromatic N) is 1. The molecule has 0 radical (unpaired) electrons. The van der Waals surface area contributed by atoms with Gasteiger partial charge in [-0.15, -0.1) is 0 Å². The van der Waals surface area contributed by atoms with Gasteiger partial charge in [0.05, 0.1) is 0 Å². The van der Waals surface area contributed by atoms with E-state index in [1.807, 2.05) is 0 Å². The van der Waals surface area contributed by atoms with Crippen LogP contribution in [0, 0.1) is 5.92 Å². The van der Waals surface area contributed by atoms with Crippen LogP contribution in [-0.2, 0) is 14.4 Å². The van der Waals surface area contributed by atoms with E-state index in [0.717, 1.165) is 18.0 Å². The Hall–Kier alpha value is -1.43. The minimum atomic E-state index is -0.529. The summed E-state index contributed by atoms with van der Waals surface area (Å²) in [5, 5.41) is 5.80. The zero-order valence-electron chi connectivity index (χ0n) is 9.86. The van der Waals surface area contributed by atoms with Gasteiger partial charge in [0, 0.05) is 19.9 Å². The Morgan fingerprint density at radius 3 is 2.76 bits per heavy atom. The maximum Gasteiger partial charge on any atom is 0.251 e. The van der Waals surface area contributed by atoms with Crippen molar-refractivity contribution in [2.45, 2.75) is 25.3 Å². The van der Waals surface area contributed by atoms with Gasteiger partial charge in [-0.05, 0) is 25.4 Å². The third-order valence-electron chi connectivity index (χ3n) is 3.32. The van der Waals surface area contributed by atoms with Crippen molar-refractivity contribution >= 4 is 17.7 Å². The third-order valence-corrected chi connectivity index (χ3v) is 3.32. The molecule has 3 amide bonds. The summed E-state index contributed by atoms with van der Waals surface area (Å²) in [5.41, 5.74) is 0. The molecular weight excluding hydrogens is 222 g/mol. The molecule has 1 atom stereocenters. The summed E-state index contributed by atoms with van der Waals surface area (Å²) >= 11 is 0. The van der Waals surface area contributed by atoms with Crippen LogP contribution in [0.1, 0.15) is 19.3 Å². The van der Waals surface area contributed by atoms with E-state index in [1.54, 1.807) is 0 Å². The van der Waals surface area contributed by atoms with Crippen LogP contribution in [0.4, 0.5) is 0 Å². The molecule has 0 spiro atoms. The second-order valence-corrected chi connectivity index (χ2v) is 4.68. The highest BCUT2D eigenvalue weighted by atomic mass is 16.2. The molecule has 0 bridgehead atoms. The molecule has 2 fully saturated rings. The molecule has 2 N–H and O–H groups in total. The minimum Gasteiger partial charge on any atom is -0.344 e. The molecule has 2 aliphatic rings. The lowest BCUT2D eigenvalue weighted by atomic mass is 9.98. The molecule has 0 saturated carbocycles. The number of hydrogen-bond acceptors (Lipinski definition) is 4. The Balaban J connectivity index is 1.83. The second-order valence-electron chi connectivity index (χ2n) is 4.68. The molecule has 2 heterocycles. The molecule has 17 heavy (non-hydrogen) atoms. The Morgan fingerprint density at radius 1 is 1.47 bits per heavy atom. The van der Waals surface area contributed by atoms with Crippen LogP contribution in [0.2, 0.25) is 0 Å². The smallest absolute Gasteiger partial charge is 0.251 e. The molecule has 1 unspecified atom stereocenters. The largest absolute Gasteiger partial charge is 0.344 e. The van der Waals surface area contributed by atoms with Crippen molar-refractivity contribution in [3.05, 3.63) is 0 Å². The van der Waals surface area contributed by atoms with E-state index in [2.05, 4.69) is 10.6 Å². The van der Waals surface area contributed by atoms with Crippen LogP contribution in [0.5, 0.6) is 0 Å². The van der Waals surface area contributed by atoms with Gasteiger partial charge in [-0.3, -0.25) is 19.3 Å². The van der Waals surface area contributed by atoms with Crippen molar-refractivity contribution in [3.63, 3.8) is 0 Å². The summed E-state index contributed by atoms with van der Waals surface area (Å²) in [7, 11) is 1.46. The predicted octanol–water partition coefficient (Wildman–Crippen LogP) is -1.14. The van der Waals surface area contributed by atoms with Crippen LogP contribution >= 0.6 is 0 Å². The highest BCUT2D eigenvalue weighted by molar-refractivity contribution is 6.01. The number of rotatable bonds is 3. The van der Waals surface area contributed by atoms with E-state index in [9.17, 15) is 14.4 Å². The molecule has 94 valence electrons. The van der Waals surface area contributed by atoms with E-state index in [0.29, 0.717) is 25.2 Å². The zero-order chi connectivity index (χ0) is 12.4. The Morgan fingerprint density at radius 2 is 2.18 bits per heavy atom. The van der Waals surface area contributed by atoms with E-state index in [4.69, 9.17) is 0 Å². The van der Waals surface area contributed by atoms with Crippen molar-refractivity contribution in [3.8, 4) is 0 Å². The third kappa shape index (κ3) is 2.63. The van der Waals surface area contributed by atoms with Crippen molar-refractivity contribution < 1.29 is 14.4 Å². The number of imide groups is 1. The second kappa shape index (κ2) is 4.83. The number of carbonyl (C=O) groups is 3. The number of nitrogens with one attached hydrogen (secondary N) is 2. The summed E-state index contributed by atoms with van der Waals surface area (Å²) in [4.78, 5) is 35.7. The number of hydrogen-bond donors (Lipinski definition) is 2. The monoisotopic (exact) mass is 239 g/mol. The van der Waals surface area contributed by atoms with Crippen LogP contribution in [0.15, 0.2) is 0 Å². The Bertz CT molecular complexity index is 352. The fourth-order valence-electron chi connectivity index (χ4n) is 2.06. The molecule has 2 saturated heterocycles. The fourth-order valence-corrected chi connectivity index (χ4v) is 2.06. The Kier molecular flexibility index (Phi) is 3.42. The van der Waals surface area contributed by atoms with Crippen molar-refractivity contribution in [1.29, 1.82) is 0 Å². The van der Waals surface area contributed by atoms with Gasteiger partial charge in [0.25, 0.3) is 5.91 Å². The summed E-state index contributed by atoms with van der Waals surface area (Å²) < 4.78 is 0. The maximum absolute atomic E-state index is 11.7. The molecule has 0 aliphatic carbocycles. The normalized spacial score (nSPS) is 25.7. The number of piperidine rings is 1. The quantitative estimate of drug-likeness (QED) is 0.610. The number of amides is 3. The molecule has 0 aromatic heterocycles. The molecule has 6 heteroatoms. The van der Waals surface area contributed by atoms with E-state index in [1.165, 1.54) is 7.05 Å². The lowest BCUT2D eigenvalue weighted by Crippen LogP contribution is -2.54. The molecule has 2 rings (SSSR count). The van der Waals surface area contributed by atoms with Crippen LogP contribution < -0.4 is 10.6 Å². The number of likely N-dealkylation sites (tertiary alicyclic amines) is 1. The summed E-state index contributed by atoms with van der Waals surface area (Å²) in [5.74, 6) is -0.198. The van der Waals surface area contributed by atoms with E-state index in [-0.39, 0.29) is 17.7 Å². The number of carbonyl (C=O) groups excluding carboxylic acids is 3. The lowest BCUT2D eigenvalue weighted by molar-refractivity contribution is -0.149. The molecule has 0 aromatic carbocycles. The first-order chi connectivity index (χ1) is 8.08. The maximum atomic E-state index is 11.7. The zero-order valence-corrected chi connectivity index (χ0v) is 9.86. The first-order valence-corrected chi connectivity index (χ1v) is 5.88. The average molecular weight is 239 g/mol. The average Bonchev–Trinajstić information content (AvgIpc) is 2.25. The first-order valence-electron chi connectivity index (χ1n) is 5.88. The highest BCUT2D eigenvalue weighted by Crippen LogP contribution is 2.13. The van der Waals surface area contributed by atoms with Crippen LogP contribution in [-0.4, -0.2) is 48.8 Å². The van der Waals surface area contributed by atoms with Gasteiger partial charge in [0.15, 0.2) is 0 Å². The van der Waals surface area contributed by atoms with Crippen molar-refractivity contribution in [2.24, 2.45) is 5.92 Å². The predicted molar refractivity (Wildman–Crippen MR) is 59.9 cm³/mol. The standard InChI is InChI=1S/C11H17N3O3/c1-14-10(16)3-2-8(11(14)17)13-9(15)4-7-5-12-6-7/h7-8,12H,2-6H2,1H3,(H,13,15). The molecule has 6 nitrogen and oxygen atoms in total. The van der Waals surface area contributed by atoms with Gasteiger partial charge in [-0.2, -0.15) is 0 Å². The Labute approximate surface area is 99.7 Å².